The van der Waals surface area contributed by atoms with Gasteiger partial charge in [0, 0.05) is 24.4 Å². The lowest BCUT2D eigenvalue weighted by atomic mass is 10.1. The Labute approximate surface area is 169 Å². The molecule has 2 aliphatic rings. The van der Waals surface area contributed by atoms with Crippen LogP contribution in [0.3, 0.4) is 0 Å². The summed E-state index contributed by atoms with van der Waals surface area (Å²) in [5.74, 6) is -1.53. The molecule has 2 aromatic heterocycles. The first kappa shape index (κ1) is 20.3. The van der Waals surface area contributed by atoms with E-state index in [1.54, 1.807) is 0 Å². The van der Waals surface area contributed by atoms with E-state index in [0.717, 1.165) is 12.4 Å². The lowest BCUT2D eigenvalue weighted by Gasteiger charge is -2.13. The summed E-state index contributed by atoms with van der Waals surface area (Å²) in [6.45, 7) is 0.0745. The second kappa shape index (κ2) is 7.40. The number of hydrogen-bond donors (Lipinski definition) is 2. The Morgan fingerprint density at radius 3 is 2.60 bits per heavy atom. The first-order valence-electron chi connectivity index (χ1n) is 8.89. The summed E-state index contributed by atoms with van der Waals surface area (Å²) < 4.78 is 59.9. The Kier molecular flexibility index (Phi) is 5.02. The third kappa shape index (κ3) is 4.03. The molecule has 1 saturated carbocycles. The summed E-state index contributed by atoms with van der Waals surface area (Å²) >= 11 is 0. The van der Waals surface area contributed by atoms with Gasteiger partial charge in [0.25, 0.3) is 0 Å². The van der Waals surface area contributed by atoms with Crippen LogP contribution in [0.25, 0.3) is 11.3 Å². The predicted octanol–water partition coefficient (Wildman–Crippen LogP) is 0.515. The molecular formula is C17H15F3N6O3S. The lowest BCUT2D eigenvalue weighted by Crippen LogP contribution is -2.44. The van der Waals surface area contributed by atoms with Crippen molar-refractivity contribution in [2.75, 3.05) is 0 Å². The van der Waals surface area contributed by atoms with Crippen LogP contribution in [0.15, 0.2) is 24.8 Å². The van der Waals surface area contributed by atoms with E-state index in [0.29, 0.717) is 35.5 Å². The molecule has 9 nitrogen and oxygen atoms in total. The lowest BCUT2D eigenvalue weighted by molar-refractivity contribution is -0.145. The fourth-order valence-electron chi connectivity index (χ4n) is 3.43. The molecule has 0 radical (unpaired) electrons. The van der Waals surface area contributed by atoms with E-state index in [4.69, 9.17) is 0 Å². The largest absolute Gasteiger partial charge is 0.451 e. The first-order chi connectivity index (χ1) is 14.2. The number of carbonyl (C=O) groups is 1. The van der Waals surface area contributed by atoms with Crippen molar-refractivity contribution in [2.24, 2.45) is 0 Å². The Hall–Kier alpha value is -2.93. The van der Waals surface area contributed by atoms with Crippen LogP contribution in [0.2, 0.25) is 0 Å². The molecule has 2 atom stereocenters. The van der Waals surface area contributed by atoms with Gasteiger partial charge in [0.15, 0.2) is 0 Å². The second-order valence-corrected chi connectivity index (χ2v) is 8.02. The third-order valence-corrected chi connectivity index (χ3v) is 6.01. The standard InChI is InChI=1S/C17H15F3N6O3S/c18-17(19,20)15-22-5-9(6-23-15)12-3-10(24-8-25-12)7-21-14(27)11-1-2-16(26-11)4-13(16)30(28)29/h3,5-6,8,11,26H,1-2,4,7H2,(H,21,27). The summed E-state index contributed by atoms with van der Waals surface area (Å²) in [6.07, 6.45) is 0.167. The van der Waals surface area contributed by atoms with E-state index in [2.05, 4.69) is 30.6 Å². The average Bonchev–Trinajstić information content (AvgIpc) is 3.26. The second-order valence-electron chi connectivity index (χ2n) is 7.06. The highest BCUT2D eigenvalue weighted by Gasteiger charge is 2.57. The van der Waals surface area contributed by atoms with Crippen molar-refractivity contribution >= 4 is 21.1 Å². The SMILES string of the molecule is O=C(NCc1cc(-c2cnc(C(F)(F)F)nc2)ncn1)C1CCC2(CC2=S(=O)=O)N1. The minimum Gasteiger partial charge on any atom is -0.349 e. The van der Waals surface area contributed by atoms with Crippen LogP contribution in [0.5, 0.6) is 0 Å². The molecule has 2 aromatic rings. The molecule has 1 aliphatic heterocycles. The van der Waals surface area contributed by atoms with Gasteiger partial charge >= 0.3 is 6.18 Å². The van der Waals surface area contributed by atoms with Gasteiger partial charge in [-0.1, -0.05) is 0 Å². The molecular weight excluding hydrogens is 425 g/mol. The average molecular weight is 440 g/mol. The maximum Gasteiger partial charge on any atom is 0.451 e. The fraction of sp³-hybridized carbons (Fsp3) is 0.412. The smallest absolute Gasteiger partial charge is 0.349 e. The number of nitrogens with one attached hydrogen (secondary N) is 2. The predicted molar refractivity (Wildman–Crippen MR) is 97.3 cm³/mol. The van der Waals surface area contributed by atoms with Gasteiger partial charge in [0.1, 0.15) is 6.33 Å². The molecule has 30 heavy (non-hydrogen) atoms. The van der Waals surface area contributed by atoms with E-state index in [1.807, 2.05) is 0 Å². The highest BCUT2D eigenvalue weighted by molar-refractivity contribution is 7.74. The quantitative estimate of drug-likeness (QED) is 0.659. The third-order valence-electron chi connectivity index (χ3n) is 5.07. The van der Waals surface area contributed by atoms with Gasteiger partial charge in [-0.15, -0.1) is 0 Å². The monoisotopic (exact) mass is 440 g/mol. The van der Waals surface area contributed by atoms with Gasteiger partial charge in [-0.2, -0.15) is 21.6 Å². The minimum atomic E-state index is -4.63. The Morgan fingerprint density at radius 2 is 1.97 bits per heavy atom. The van der Waals surface area contributed by atoms with Crippen molar-refractivity contribution in [3.05, 3.63) is 36.3 Å². The first-order valence-corrected chi connectivity index (χ1v) is 9.97. The molecule has 2 unspecified atom stereocenters. The van der Waals surface area contributed by atoms with Crippen molar-refractivity contribution in [3.8, 4) is 11.3 Å². The number of carbonyl (C=O) groups excluding carboxylic acids is 1. The number of alkyl halides is 3. The van der Waals surface area contributed by atoms with Gasteiger partial charge in [-0.3, -0.25) is 10.1 Å². The fourth-order valence-corrected chi connectivity index (χ4v) is 4.28. The number of halogens is 3. The summed E-state index contributed by atoms with van der Waals surface area (Å²) in [5.41, 5.74) is 0.468. The minimum absolute atomic E-state index is 0.0745. The highest BCUT2D eigenvalue weighted by Crippen LogP contribution is 2.41. The number of hydrogen-bond acceptors (Lipinski definition) is 8. The maximum absolute atomic E-state index is 12.6. The molecule has 158 valence electrons. The van der Waals surface area contributed by atoms with Crippen LogP contribution in [-0.2, 0) is 27.8 Å². The van der Waals surface area contributed by atoms with Crippen LogP contribution in [0.4, 0.5) is 13.2 Å². The maximum atomic E-state index is 12.6. The number of rotatable bonds is 4. The molecule has 1 spiro atoms. The van der Waals surface area contributed by atoms with Gasteiger partial charge in [-0.05, 0) is 18.9 Å². The molecule has 1 saturated heterocycles. The molecule has 0 aromatic carbocycles. The van der Waals surface area contributed by atoms with Crippen molar-refractivity contribution in [1.82, 2.24) is 30.6 Å². The van der Waals surface area contributed by atoms with Crippen LogP contribution in [0.1, 0.15) is 30.8 Å². The number of amides is 1. The highest BCUT2D eigenvalue weighted by atomic mass is 32.2. The molecule has 1 aliphatic carbocycles. The zero-order valence-electron chi connectivity index (χ0n) is 15.3. The van der Waals surface area contributed by atoms with Gasteiger partial charge in [0.05, 0.1) is 34.4 Å². The van der Waals surface area contributed by atoms with Crippen LogP contribution >= 0.6 is 0 Å². The molecule has 1 amide bonds. The Balaban J connectivity index is 1.38. The zero-order valence-corrected chi connectivity index (χ0v) is 16.1. The number of nitrogens with zero attached hydrogens (tertiary/aromatic N) is 4. The van der Waals surface area contributed by atoms with Crippen LogP contribution < -0.4 is 10.6 Å². The molecule has 2 fully saturated rings. The van der Waals surface area contributed by atoms with E-state index >= 15 is 0 Å². The van der Waals surface area contributed by atoms with E-state index in [1.165, 1.54) is 12.4 Å². The van der Waals surface area contributed by atoms with E-state index in [-0.39, 0.29) is 18.0 Å². The van der Waals surface area contributed by atoms with Crippen molar-refractivity contribution in [1.29, 1.82) is 0 Å². The Bertz CT molecular complexity index is 1130. The molecule has 0 bridgehead atoms. The topological polar surface area (TPSA) is 127 Å². The van der Waals surface area contributed by atoms with Crippen molar-refractivity contribution in [2.45, 2.75) is 43.6 Å². The van der Waals surface area contributed by atoms with Crippen LogP contribution in [-0.4, -0.2) is 50.7 Å². The molecule has 3 heterocycles. The summed E-state index contributed by atoms with van der Waals surface area (Å²) in [5, 5.41) is 5.80. The zero-order chi connectivity index (χ0) is 21.5. The van der Waals surface area contributed by atoms with Gasteiger partial charge in [0.2, 0.25) is 22.0 Å². The molecule has 2 N–H and O–H groups in total. The van der Waals surface area contributed by atoms with E-state index < -0.39 is 33.9 Å². The normalized spacial score (nSPS) is 22.9. The van der Waals surface area contributed by atoms with Crippen molar-refractivity contribution in [3.63, 3.8) is 0 Å². The van der Waals surface area contributed by atoms with Gasteiger partial charge in [-0.25, -0.2) is 19.9 Å². The summed E-state index contributed by atoms with van der Waals surface area (Å²) in [6, 6.07) is 1.01. The van der Waals surface area contributed by atoms with Crippen molar-refractivity contribution < 1.29 is 26.4 Å². The summed E-state index contributed by atoms with van der Waals surface area (Å²) in [4.78, 5) is 27.4. The molecule has 4 rings (SSSR count). The molecule has 13 heteroatoms. The number of aromatic nitrogens is 4. The van der Waals surface area contributed by atoms with Gasteiger partial charge < -0.3 is 5.32 Å². The Morgan fingerprint density at radius 1 is 1.23 bits per heavy atom. The summed E-state index contributed by atoms with van der Waals surface area (Å²) in [7, 11) is -2.24. The van der Waals surface area contributed by atoms with Crippen LogP contribution in [0, 0.1) is 0 Å². The van der Waals surface area contributed by atoms with E-state index in [9.17, 15) is 26.4 Å².